The molecule has 5 nitrogen and oxygen atoms in total. The summed E-state index contributed by atoms with van der Waals surface area (Å²) in [5.74, 6) is -0.229. The Morgan fingerprint density at radius 2 is 2.06 bits per heavy atom. The van der Waals surface area contributed by atoms with Gasteiger partial charge in [0.15, 0.2) is 0 Å². The zero-order chi connectivity index (χ0) is 11.8. The van der Waals surface area contributed by atoms with Crippen LogP contribution in [-0.4, -0.2) is 19.4 Å². The maximum Gasteiger partial charge on any atom is 0.220 e. The van der Waals surface area contributed by atoms with Gasteiger partial charge in [0.05, 0.1) is 11.7 Å². The van der Waals surface area contributed by atoms with Gasteiger partial charge in [0, 0.05) is 23.5 Å². The minimum Gasteiger partial charge on any atom is -0.369 e. The van der Waals surface area contributed by atoms with E-state index in [0.717, 1.165) is 0 Å². The maximum atomic E-state index is 13.6. The summed E-state index contributed by atoms with van der Waals surface area (Å²) in [6.45, 7) is 0. The van der Waals surface area contributed by atoms with Crippen LogP contribution in [0, 0.1) is 5.95 Å². The van der Waals surface area contributed by atoms with Gasteiger partial charge in [0.1, 0.15) is 6.33 Å². The number of anilines is 1. The van der Waals surface area contributed by atoms with Crippen LogP contribution in [0.5, 0.6) is 0 Å². The number of imidazole rings is 1. The number of hydrogen-bond acceptors (Lipinski definition) is 4. The number of nitrogen functional groups attached to an aromatic ring is 1. The highest BCUT2D eigenvalue weighted by Crippen LogP contribution is 2.26. The summed E-state index contributed by atoms with van der Waals surface area (Å²) >= 11 is 0. The molecule has 0 amide bonds. The predicted molar refractivity (Wildman–Crippen MR) is 60.6 cm³/mol. The van der Waals surface area contributed by atoms with Gasteiger partial charge in [0.2, 0.25) is 11.9 Å². The number of halogens is 1. The average molecular weight is 229 g/mol. The normalized spacial score (nSPS) is 10.9. The van der Waals surface area contributed by atoms with Crippen LogP contribution in [0.2, 0.25) is 0 Å². The van der Waals surface area contributed by atoms with Gasteiger partial charge in [-0.05, 0) is 12.1 Å². The summed E-state index contributed by atoms with van der Waals surface area (Å²) in [6, 6.07) is 3.31. The summed E-state index contributed by atoms with van der Waals surface area (Å²) in [5.41, 5.74) is 7.38. The topological polar surface area (TPSA) is 69.1 Å². The van der Waals surface area contributed by atoms with E-state index in [2.05, 4.69) is 15.0 Å². The highest BCUT2D eigenvalue weighted by atomic mass is 19.1. The first-order valence-electron chi connectivity index (χ1n) is 4.95. The molecule has 6 heteroatoms. The number of nitrogens with two attached hydrogens (primary N) is 1. The molecule has 0 saturated carbocycles. The fourth-order valence-corrected chi connectivity index (χ4v) is 1.73. The van der Waals surface area contributed by atoms with E-state index in [1.165, 1.54) is 18.7 Å². The largest absolute Gasteiger partial charge is 0.369 e. The van der Waals surface area contributed by atoms with Crippen molar-refractivity contribution >= 4 is 11.5 Å². The van der Waals surface area contributed by atoms with E-state index in [-0.39, 0.29) is 0 Å². The van der Waals surface area contributed by atoms with Crippen LogP contribution in [-0.2, 0) is 0 Å². The van der Waals surface area contributed by atoms with Crippen molar-refractivity contribution in [3.63, 3.8) is 0 Å². The molecule has 0 aromatic carbocycles. The second-order valence-corrected chi connectivity index (χ2v) is 3.52. The van der Waals surface area contributed by atoms with Crippen molar-refractivity contribution in [3.05, 3.63) is 43.0 Å². The molecular formula is C11H8FN5. The Morgan fingerprint density at radius 3 is 2.88 bits per heavy atom. The molecule has 2 N–H and O–H groups in total. The fraction of sp³-hybridized carbons (Fsp3) is 0. The zero-order valence-corrected chi connectivity index (χ0v) is 8.71. The van der Waals surface area contributed by atoms with Crippen LogP contribution >= 0.6 is 0 Å². The van der Waals surface area contributed by atoms with Gasteiger partial charge in [-0.1, -0.05) is 0 Å². The van der Waals surface area contributed by atoms with Crippen molar-refractivity contribution in [1.29, 1.82) is 0 Å². The zero-order valence-electron chi connectivity index (χ0n) is 8.71. The van der Waals surface area contributed by atoms with Gasteiger partial charge in [-0.15, -0.1) is 0 Å². The molecule has 17 heavy (non-hydrogen) atoms. The third kappa shape index (κ3) is 1.42. The lowest BCUT2D eigenvalue weighted by atomic mass is 10.1. The Bertz CT molecular complexity index is 691. The molecule has 3 aromatic heterocycles. The maximum absolute atomic E-state index is 13.6. The Balaban J connectivity index is 2.35. The summed E-state index contributed by atoms with van der Waals surface area (Å²) in [5, 5.41) is 0. The monoisotopic (exact) mass is 229 g/mol. The first-order chi connectivity index (χ1) is 8.27. The molecule has 0 saturated heterocycles. The lowest BCUT2D eigenvalue weighted by Crippen LogP contribution is -2.00. The van der Waals surface area contributed by atoms with Gasteiger partial charge in [-0.25, -0.2) is 15.0 Å². The molecule has 84 valence electrons. The SMILES string of the molecule is Nc1ncc(-c2cccnc2F)c2cncn12. The number of pyridine rings is 1. The summed E-state index contributed by atoms with van der Waals surface area (Å²) < 4.78 is 15.2. The third-order valence-corrected chi connectivity index (χ3v) is 2.54. The van der Waals surface area contributed by atoms with Crippen molar-refractivity contribution < 1.29 is 4.39 Å². The summed E-state index contributed by atoms with van der Waals surface area (Å²) in [4.78, 5) is 11.6. The smallest absolute Gasteiger partial charge is 0.220 e. The molecule has 0 aliphatic carbocycles. The molecule has 0 unspecified atom stereocenters. The van der Waals surface area contributed by atoms with E-state index in [1.54, 1.807) is 22.7 Å². The first kappa shape index (κ1) is 9.71. The van der Waals surface area contributed by atoms with Gasteiger partial charge >= 0.3 is 0 Å². The molecule has 0 aliphatic rings. The second kappa shape index (κ2) is 3.51. The Kier molecular flexibility index (Phi) is 2.01. The Morgan fingerprint density at radius 1 is 1.18 bits per heavy atom. The number of hydrogen-bond donors (Lipinski definition) is 1. The predicted octanol–water partition coefficient (Wildman–Crippen LogP) is 1.51. The van der Waals surface area contributed by atoms with Crippen LogP contribution in [0.3, 0.4) is 0 Å². The highest BCUT2D eigenvalue weighted by Gasteiger charge is 2.11. The standard InChI is InChI=1S/C11H8FN5/c12-10-7(2-1-3-15-10)8-4-16-11(13)17-6-14-5-9(8)17/h1-6H,(H2,13,16). The van der Waals surface area contributed by atoms with Crippen molar-refractivity contribution in [2.45, 2.75) is 0 Å². The Hall–Kier alpha value is -2.50. The Labute approximate surface area is 95.8 Å². The van der Waals surface area contributed by atoms with Crippen LogP contribution < -0.4 is 5.73 Å². The van der Waals surface area contributed by atoms with Crippen LogP contribution in [0.15, 0.2) is 37.1 Å². The molecule has 0 radical (unpaired) electrons. The molecule has 3 aromatic rings. The lowest BCUT2D eigenvalue weighted by molar-refractivity contribution is 0.587. The van der Waals surface area contributed by atoms with E-state index in [9.17, 15) is 4.39 Å². The molecule has 0 fully saturated rings. The summed E-state index contributed by atoms with van der Waals surface area (Å²) in [7, 11) is 0. The van der Waals surface area contributed by atoms with Crippen molar-refractivity contribution in [1.82, 2.24) is 19.4 Å². The van der Waals surface area contributed by atoms with Crippen LogP contribution in [0.4, 0.5) is 10.3 Å². The molecule has 0 atom stereocenters. The van der Waals surface area contributed by atoms with Crippen molar-refractivity contribution in [3.8, 4) is 11.1 Å². The highest BCUT2D eigenvalue weighted by molar-refractivity contribution is 5.79. The molecule has 0 spiro atoms. The molecule has 0 aliphatic heterocycles. The average Bonchev–Trinajstić information content (AvgIpc) is 2.81. The third-order valence-electron chi connectivity index (χ3n) is 2.54. The fourth-order valence-electron chi connectivity index (χ4n) is 1.73. The minimum atomic E-state index is -0.540. The van der Waals surface area contributed by atoms with E-state index in [1.807, 2.05) is 0 Å². The van der Waals surface area contributed by atoms with Crippen molar-refractivity contribution in [2.24, 2.45) is 0 Å². The number of rotatable bonds is 1. The van der Waals surface area contributed by atoms with E-state index >= 15 is 0 Å². The van der Waals surface area contributed by atoms with E-state index in [0.29, 0.717) is 22.6 Å². The number of aromatic nitrogens is 4. The molecule has 3 rings (SSSR count). The summed E-state index contributed by atoms with van der Waals surface area (Å²) in [6.07, 6.45) is 6.07. The lowest BCUT2D eigenvalue weighted by Gasteiger charge is -2.06. The van der Waals surface area contributed by atoms with Gasteiger partial charge in [0.25, 0.3) is 0 Å². The quantitative estimate of drug-likeness (QED) is 0.642. The number of fused-ring (bicyclic) bond motifs is 1. The van der Waals surface area contributed by atoms with E-state index in [4.69, 9.17) is 5.73 Å². The van der Waals surface area contributed by atoms with Gasteiger partial charge in [-0.3, -0.25) is 4.40 Å². The molecule has 0 bridgehead atoms. The van der Waals surface area contributed by atoms with Crippen LogP contribution in [0.1, 0.15) is 0 Å². The first-order valence-corrected chi connectivity index (χ1v) is 4.95. The van der Waals surface area contributed by atoms with Gasteiger partial charge < -0.3 is 5.73 Å². The molecular weight excluding hydrogens is 221 g/mol. The number of nitrogens with zero attached hydrogens (tertiary/aromatic N) is 4. The van der Waals surface area contributed by atoms with Crippen molar-refractivity contribution in [2.75, 3.05) is 5.73 Å². The van der Waals surface area contributed by atoms with Gasteiger partial charge in [-0.2, -0.15) is 4.39 Å². The van der Waals surface area contributed by atoms with E-state index < -0.39 is 5.95 Å². The minimum absolute atomic E-state index is 0.311. The molecule has 3 heterocycles. The second-order valence-electron chi connectivity index (χ2n) is 3.52. The van der Waals surface area contributed by atoms with Crippen LogP contribution in [0.25, 0.3) is 16.6 Å².